The Balaban J connectivity index is 2.41. The van der Waals surface area contributed by atoms with Crippen molar-refractivity contribution in [2.24, 2.45) is 5.73 Å². The summed E-state index contributed by atoms with van der Waals surface area (Å²) >= 11 is 0. The van der Waals surface area contributed by atoms with Gasteiger partial charge in [-0.05, 0) is 0 Å². The Kier molecular flexibility index (Phi) is 2.16. The van der Waals surface area contributed by atoms with Crippen molar-refractivity contribution in [3.05, 3.63) is 6.33 Å². The molecular formula is C8H12N6O. The number of rotatable bonds is 1. The number of carbonyl (C=O) groups is 1. The van der Waals surface area contributed by atoms with E-state index >= 15 is 0 Å². The zero-order valence-corrected chi connectivity index (χ0v) is 8.05. The molecule has 1 aliphatic heterocycles. The molecule has 7 nitrogen and oxygen atoms in total. The second-order valence-corrected chi connectivity index (χ2v) is 3.46. The van der Waals surface area contributed by atoms with Crippen LogP contribution in [0.2, 0.25) is 0 Å². The van der Waals surface area contributed by atoms with Gasteiger partial charge >= 0.3 is 0 Å². The van der Waals surface area contributed by atoms with Crippen molar-refractivity contribution in [1.82, 2.24) is 9.97 Å². The number of nitrogens with two attached hydrogens (primary N) is 3. The van der Waals surface area contributed by atoms with E-state index in [0.717, 1.165) is 0 Å². The molecule has 1 unspecified atom stereocenters. The molecule has 1 aliphatic rings. The van der Waals surface area contributed by atoms with Gasteiger partial charge in [0.05, 0.1) is 0 Å². The first kappa shape index (κ1) is 9.66. The lowest BCUT2D eigenvalue weighted by Crippen LogP contribution is -2.29. The highest BCUT2D eigenvalue weighted by atomic mass is 16.2. The Bertz CT molecular complexity index is 386. The normalized spacial score (nSPS) is 21.0. The molecule has 1 fully saturated rings. The van der Waals surface area contributed by atoms with Crippen molar-refractivity contribution in [3.63, 3.8) is 0 Å². The molecule has 1 aromatic heterocycles. The fourth-order valence-electron chi connectivity index (χ4n) is 1.63. The van der Waals surface area contributed by atoms with Gasteiger partial charge in [0, 0.05) is 19.0 Å². The van der Waals surface area contributed by atoms with Crippen molar-refractivity contribution < 1.29 is 4.79 Å². The molecule has 2 heterocycles. The molecule has 1 amide bonds. The molecular weight excluding hydrogens is 196 g/mol. The monoisotopic (exact) mass is 208 g/mol. The highest BCUT2D eigenvalue weighted by molar-refractivity contribution is 6.00. The average molecular weight is 208 g/mol. The standard InChI is InChI=1S/C8H12N6O/c9-4-1-5(15)14(2-4)6-7(10)12-3-13-8(6)11/h3-4H,1-2,9H2,(H4,10,11,12,13). The Hall–Kier alpha value is -1.89. The van der Waals surface area contributed by atoms with Crippen molar-refractivity contribution in [1.29, 1.82) is 0 Å². The molecule has 1 aromatic rings. The molecule has 0 spiro atoms. The highest BCUT2D eigenvalue weighted by Gasteiger charge is 2.31. The lowest BCUT2D eigenvalue weighted by Gasteiger charge is -2.18. The Morgan fingerprint density at radius 2 is 1.93 bits per heavy atom. The number of nitrogen functional groups attached to an aromatic ring is 2. The van der Waals surface area contributed by atoms with Crippen molar-refractivity contribution in [2.75, 3.05) is 22.9 Å². The van der Waals surface area contributed by atoms with Crippen molar-refractivity contribution in [2.45, 2.75) is 12.5 Å². The van der Waals surface area contributed by atoms with Crippen LogP contribution in [0.1, 0.15) is 6.42 Å². The van der Waals surface area contributed by atoms with Crippen LogP contribution in [-0.2, 0) is 4.79 Å². The minimum Gasteiger partial charge on any atom is -0.382 e. The molecule has 0 radical (unpaired) electrons. The van der Waals surface area contributed by atoms with Gasteiger partial charge in [-0.1, -0.05) is 0 Å². The van der Waals surface area contributed by atoms with Crippen LogP contribution < -0.4 is 22.1 Å². The second-order valence-electron chi connectivity index (χ2n) is 3.46. The van der Waals surface area contributed by atoms with E-state index in [1.807, 2.05) is 0 Å². The summed E-state index contributed by atoms with van der Waals surface area (Å²) < 4.78 is 0. The third kappa shape index (κ3) is 1.57. The number of hydrogen-bond donors (Lipinski definition) is 3. The van der Waals surface area contributed by atoms with E-state index in [4.69, 9.17) is 17.2 Å². The molecule has 0 aromatic carbocycles. The van der Waals surface area contributed by atoms with Crippen LogP contribution in [-0.4, -0.2) is 28.5 Å². The molecule has 80 valence electrons. The van der Waals surface area contributed by atoms with Gasteiger partial charge in [-0.15, -0.1) is 0 Å². The summed E-state index contributed by atoms with van der Waals surface area (Å²) in [6.45, 7) is 0.403. The van der Waals surface area contributed by atoms with Crippen LogP contribution in [0.25, 0.3) is 0 Å². The fraction of sp³-hybridized carbons (Fsp3) is 0.375. The summed E-state index contributed by atoms with van der Waals surface area (Å²) in [5.74, 6) is 0.297. The van der Waals surface area contributed by atoms with Gasteiger partial charge in [0.1, 0.15) is 12.0 Å². The van der Waals surface area contributed by atoms with Gasteiger partial charge in [-0.25, -0.2) is 9.97 Å². The smallest absolute Gasteiger partial charge is 0.228 e. The summed E-state index contributed by atoms with van der Waals surface area (Å²) in [5, 5.41) is 0. The van der Waals surface area contributed by atoms with Crippen LogP contribution in [0.15, 0.2) is 6.33 Å². The lowest BCUT2D eigenvalue weighted by molar-refractivity contribution is -0.117. The average Bonchev–Trinajstić information content (AvgIpc) is 2.45. The SMILES string of the molecule is Nc1ncnc(N)c1N1CC(N)CC1=O. The van der Waals surface area contributed by atoms with Crippen molar-refractivity contribution >= 4 is 23.2 Å². The number of amides is 1. The molecule has 15 heavy (non-hydrogen) atoms. The maximum atomic E-state index is 11.6. The molecule has 1 saturated heterocycles. The van der Waals surface area contributed by atoms with Crippen LogP contribution in [0.5, 0.6) is 0 Å². The minimum atomic E-state index is -0.184. The number of anilines is 3. The Labute approximate surface area is 86.3 Å². The molecule has 6 N–H and O–H groups in total. The van der Waals surface area contributed by atoms with E-state index in [1.54, 1.807) is 0 Å². The quantitative estimate of drug-likeness (QED) is 0.527. The van der Waals surface area contributed by atoms with Gasteiger partial charge in [0.2, 0.25) is 5.91 Å². The molecule has 7 heteroatoms. The van der Waals surface area contributed by atoms with Crippen LogP contribution in [0.4, 0.5) is 17.3 Å². The molecule has 0 aliphatic carbocycles. The maximum Gasteiger partial charge on any atom is 0.228 e. The summed E-state index contributed by atoms with van der Waals surface area (Å²) in [6.07, 6.45) is 1.56. The largest absolute Gasteiger partial charge is 0.382 e. The summed E-state index contributed by atoms with van der Waals surface area (Å²) in [7, 11) is 0. The van der Waals surface area contributed by atoms with Gasteiger partial charge in [-0.3, -0.25) is 4.79 Å². The molecule has 1 atom stereocenters. The van der Waals surface area contributed by atoms with Gasteiger partial charge < -0.3 is 22.1 Å². The fourth-order valence-corrected chi connectivity index (χ4v) is 1.63. The van der Waals surface area contributed by atoms with Crippen LogP contribution >= 0.6 is 0 Å². The first-order chi connectivity index (χ1) is 7.09. The van der Waals surface area contributed by atoms with Gasteiger partial charge in [-0.2, -0.15) is 0 Å². The van der Waals surface area contributed by atoms with Gasteiger partial charge in [0.25, 0.3) is 0 Å². The van der Waals surface area contributed by atoms with E-state index in [-0.39, 0.29) is 23.6 Å². The molecule has 0 bridgehead atoms. The van der Waals surface area contributed by atoms with Gasteiger partial charge in [0.15, 0.2) is 11.6 Å². The zero-order valence-electron chi connectivity index (χ0n) is 8.05. The number of aromatic nitrogens is 2. The van der Waals surface area contributed by atoms with Crippen LogP contribution in [0, 0.1) is 0 Å². The van der Waals surface area contributed by atoms with E-state index in [0.29, 0.717) is 18.7 Å². The van der Waals surface area contributed by atoms with E-state index in [2.05, 4.69) is 9.97 Å². The topological polar surface area (TPSA) is 124 Å². The maximum absolute atomic E-state index is 11.6. The third-order valence-electron chi connectivity index (χ3n) is 2.30. The number of nitrogens with zero attached hydrogens (tertiary/aromatic N) is 3. The first-order valence-electron chi connectivity index (χ1n) is 4.51. The Morgan fingerprint density at radius 3 is 2.40 bits per heavy atom. The highest BCUT2D eigenvalue weighted by Crippen LogP contribution is 2.29. The predicted molar refractivity (Wildman–Crippen MR) is 55.8 cm³/mol. The molecule has 0 saturated carbocycles. The third-order valence-corrected chi connectivity index (χ3v) is 2.30. The number of carbonyl (C=O) groups excluding carboxylic acids is 1. The first-order valence-corrected chi connectivity index (χ1v) is 4.51. The predicted octanol–water partition coefficient (Wildman–Crippen LogP) is -1.29. The summed E-state index contributed by atoms with van der Waals surface area (Å²) in [6, 6.07) is -0.184. The zero-order chi connectivity index (χ0) is 11.0. The summed E-state index contributed by atoms with van der Waals surface area (Å²) in [5.41, 5.74) is 17.3. The van der Waals surface area contributed by atoms with Crippen LogP contribution in [0.3, 0.4) is 0 Å². The summed E-state index contributed by atoms with van der Waals surface area (Å²) in [4.78, 5) is 20.6. The van der Waals surface area contributed by atoms with Crippen molar-refractivity contribution in [3.8, 4) is 0 Å². The van der Waals surface area contributed by atoms with E-state index in [9.17, 15) is 4.79 Å². The minimum absolute atomic E-state index is 0.101. The Morgan fingerprint density at radius 1 is 1.33 bits per heavy atom. The van der Waals surface area contributed by atoms with E-state index < -0.39 is 0 Å². The second kappa shape index (κ2) is 3.35. The lowest BCUT2D eigenvalue weighted by atomic mass is 10.3. The molecule has 2 rings (SSSR count). The number of hydrogen-bond acceptors (Lipinski definition) is 6. The van der Waals surface area contributed by atoms with E-state index in [1.165, 1.54) is 11.2 Å².